The molecule has 0 amide bonds. The molecule has 0 rings (SSSR count). The maximum absolute atomic E-state index is 11.6. The number of allylic oxidation sites excluding steroid dienone is 4. The van der Waals surface area contributed by atoms with Crippen LogP contribution in [0.2, 0.25) is 0 Å². The fourth-order valence-corrected chi connectivity index (χ4v) is 4.66. The fourth-order valence-electron chi connectivity index (χ4n) is 4.66. The van der Waals surface area contributed by atoms with E-state index in [1.807, 2.05) is 0 Å². The predicted octanol–water partition coefficient (Wildman–Crippen LogP) is 10.2. The quantitative estimate of drug-likeness (QED) is 0.0885. The van der Waals surface area contributed by atoms with E-state index in [1.165, 1.54) is 96.3 Å². The molecule has 0 saturated heterocycles. The lowest BCUT2D eigenvalue weighted by molar-refractivity contribution is -0.146. The molecular formula is C32H60O3. The average Bonchev–Trinajstić information content (AvgIpc) is 2.84. The Balaban J connectivity index is 3.67. The summed E-state index contributed by atoms with van der Waals surface area (Å²) < 4.78 is 0. The van der Waals surface area contributed by atoms with Gasteiger partial charge < -0.3 is 10.2 Å². The average molecular weight is 493 g/mol. The Labute approximate surface area is 218 Å². The number of carboxylic acids is 1. The minimum atomic E-state index is -0.829. The fraction of sp³-hybridized carbons (Fsp3) is 0.844. The summed E-state index contributed by atoms with van der Waals surface area (Å²) in [7, 11) is 0. The normalized spacial score (nSPS) is 13.7. The third kappa shape index (κ3) is 24.4. The van der Waals surface area contributed by atoms with Crippen molar-refractivity contribution in [3.8, 4) is 0 Å². The monoisotopic (exact) mass is 492 g/mol. The first kappa shape index (κ1) is 33.9. The summed E-state index contributed by atoms with van der Waals surface area (Å²) in [6.07, 6.45) is 35.1. The second kappa shape index (κ2) is 27.5. The highest BCUT2D eigenvalue weighted by Crippen LogP contribution is 2.20. The first-order valence-electron chi connectivity index (χ1n) is 15.3. The van der Waals surface area contributed by atoms with Crippen molar-refractivity contribution in [1.29, 1.82) is 0 Å². The summed E-state index contributed by atoms with van der Waals surface area (Å²) >= 11 is 0. The molecule has 2 atom stereocenters. The smallest absolute Gasteiger partial charge is 0.309 e. The van der Waals surface area contributed by atoms with E-state index in [0.29, 0.717) is 12.8 Å². The predicted molar refractivity (Wildman–Crippen MR) is 153 cm³/mol. The molecule has 0 heterocycles. The molecule has 0 aromatic heterocycles. The van der Waals surface area contributed by atoms with Gasteiger partial charge in [0.25, 0.3) is 0 Å². The number of hydrogen-bond acceptors (Lipinski definition) is 2. The lowest BCUT2D eigenvalue weighted by Gasteiger charge is -2.19. The summed E-state index contributed by atoms with van der Waals surface area (Å²) in [5, 5.41) is 20.0. The molecule has 3 heteroatoms. The van der Waals surface area contributed by atoms with Crippen LogP contribution in [0.3, 0.4) is 0 Å². The van der Waals surface area contributed by atoms with Gasteiger partial charge in [0.2, 0.25) is 0 Å². The van der Waals surface area contributed by atoms with Gasteiger partial charge in [-0.15, -0.1) is 0 Å². The Hall–Kier alpha value is -1.09. The van der Waals surface area contributed by atoms with E-state index < -0.39 is 18.0 Å². The van der Waals surface area contributed by atoms with Gasteiger partial charge in [0.1, 0.15) is 0 Å². The number of aliphatic hydroxyl groups excluding tert-OH is 1. The Morgan fingerprint density at radius 1 is 0.543 bits per heavy atom. The second-order valence-corrected chi connectivity index (χ2v) is 10.5. The summed E-state index contributed by atoms with van der Waals surface area (Å²) in [4.78, 5) is 11.6. The molecule has 0 bridgehead atoms. The van der Waals surface area contributed by atoms with Crippen molar-refractivity contribution >= 4 is 5.97 Å². The molecule has 35 heavy (non-hydrogen) atoms. The van der Waals surface area contributed by atoms with Gasteiger partial charge in [-0.2, -0.15) is 0 Å². The van der Waals surface area contributed by atoms with Crippen LogP contribution >= 0.6 is 0 Å². The van der Waals surface area contributed by atoms with Crippen LogP contribution in [0.25, 0.3) is 0 Å². The largest absolute Gasteiger partial charge is 0.481 e. The maximum Gasteiger partial charge on any atom is 0.309 e. The topological polar surface area (TPSA) is 57.5 Å². The van der Waals surface area contributed by atoms with Gasteiger partial charge in [-0.3, -0.25) is 4.79 Å². The van der Waals surface area contributed by atoms with E-state index in [9.17, 15) is 15.0 Å². The SMILES string of the molecule is CCCCCCC=CCCCCCCCC(O)C(CCCCCCC=CCCCCCC)C(=O)O. The third-order valence-corrected chi connectivity index (χ3v) is 7.07. The zero-order valence-corrected chi connectivity index (χ0v) is 23.5. The number of aliphatic hydroxyl groups is 1. The molecule has 0 fully saturated rings. The molecule has 206 valence electrons. The summed E-state index contributed by atoms with van der Waals surface area (Å²) in [5.74, 6) is -1.43. The number of unbranched alkanes of at least 4 members (excludes halogenated alkanes) is 17. The van der Waals surface area contributed by atoms with Gasteiger partial charge in [-0.25, -0.2) is 0 Å². The summed E-state index contributed by atoms with van der Waals surface area (Å²) in [6, 6.07) is 0. The highest BCUT2D eigenvalue weighted by molar-refractivity contribution is 5.70. The van der Waals surface area contributed by atoms with Crippen LogP contribution in [-0.2, 0) is 4.79 Å². The Kier molecular flexibility index (Phi) is 26.6. The molecule has 0 radical (unpaired) electrons. The number of carbonyl (C=O) groups is 1. The first-order valence-corrected chi connectivity index (χ1v) is 15.3. The van der Waals surface area contributed by atoms with Gasteiger partial charge >= 0.3 is 5.97 Å². The molecule has 2 unspecified atom stereocenters. The van der Waals surface area contributed by atoms with Crippen LogP contribution < -0.4 is 0 Å². The third-order valence-electron chi connectivity index (χ3n) is 7.07. The van der Waals surface area contributed by atoms with Crippen LogP contribution in [0.4, 0.5) is 0 Å². The molecule has 3 nitrogen and oxygen atoms in total. The second-order valence-electron chi connectivity index (χ2n) is 10.5. The maximum atomic E-state index is 11.6. The lowest BCUT2D eigenvalue weighted by Crippen LogP contribution is -2.28. The van der Waals surface area contributed by atoms with Gasteiger partial charge in [0.05, 0.1) is 12.0 Å². The zero-order valence-electron chi connectivity index (χ0n) is 23.5. The summed E-state index contributed by atoms with van der Waals surface area (Å²) in [5.41, 5.74) is 0. The highest BCUT2D eigenvalue weighted by Gasteiger charge is 2.25. The van der Waals surface area contributed by atoms with Crippen molar-refractivity contribution < 1.29 is 15.0 Å². The Bertz CT molecular complexity index is 497. The van der Waals surface area contributed by atoms with Crippen molar-refractivity contribution in [3.63, 3.8) is 0 Å². The molecule has 0 aromatic carbocycles. The van der Waals surface area contributed by atoms with Crippen molar-refractivity contribution in [3.05, 3.63) is 24.3 Å². The van der Waals surface area contributed by atoms with Crippen LogP contribution in [0.15, 0.2) is 24.3 Å². The van der Waals surface area contributed by atoms with E-state index >= 15 is 0 Å². The number of aliphatic carboxylic acids is 1. The molecular weight excluding hydrogens is 432 g/mol. The van der Waals surface area contributed by atoms with Gasteiger partial charge in [-0.05, 0) is 64.2 Å². The van der Waals surface area contributed by atoms with Crippen LogP contribution in [0.5, 0.6) is 0 Å². The standard InChI is InChI=1S/C32H60O3/c1-3-5-7-9-11-13-15-17-19-21-23-25-27-29-31(33)30(32(34)35)28-26-24-22-20-18-16-14-12-10-8-6-4-2/h13-16,30-31,33H,3-12,17-29H2,1-2H3,(H,34,35). The van der Waals surface area contributed by atoms with E-state index in [2.05, 4.69) is 38.2 Å². The highest BCUT2D eigenvalue weighted by atomic mass is 16.4. The van der Waals surface area contributed by atoms with Crippen molar-refractivity contribution in [2.24, 2.45) is 5.92 Å². The number of rotatable bonds is 27. The van der Waals surface area contributed by atoms with Crippen molar-refractivity contribution in [2.75, 3.05) is 0 Å². The Morgan fingerprint density at radius 2 is 0.886 bits per heavy atom. The molecule has 0 aliphatic carbocycles. The zero-order chi connectivity index (χ0) is 25.8. The summed E-state index contributed by atoms with van der Waals surface area (Å²) in [6.45, 7) is 4.49. The van der Waals surface area contributed by atoms with E-state index in [4.69, 9.17) is 0 Å². The molecule has 0 aliphatic heterocycles. The van der Waals surface area contributed by atoms with E-state index in [1.54, 1.807) is 0 Å². The first-order chi connectivity index (χ1) is 17.1. The van der Waals surface area contributed by atoms with Crippen LogP contribution in [-0.4, -0.2) is 22.3 Å². The Morgan fingerprint density at radius 3 is 1.29 bits per heavy atom. The minimum Gasteiger partial charge on any atom is -0.481 e. The lowest BCUT2D eigenvalue weighted by atomic mass is 9.91. The van der Waals surface area contributed by atoms with E-state index in [-0.39, 0.29) is 0 Å². The molecule has 2 N–H and O–H groups in total. The van der Waals surface area contributed by atoms with Crippen LogP contribution in [0, 0.1) is 5.92 Å². The van der Waals surface area contributed by atoms with Gasteiger partial charge in [0.15, 0.2) is 0 Å². The van der Waals surface area contributed by atoms with Gasteiger partial charge in [-0.1, -0.05) is 122 Å². The molecule has 0 spiro atoms. The number of hydrogen-bond donors (Lipinski definition) is 2. The van der Waals surface area contributed by atoms with Crippen molar-refractivity contribution in [1.82, 2.24) is 0 Å². The van der Waals surface area contributed by atoms with Gasteiger partial charge in [0, 0.05) is 0 Å². The van der Waals surface area contributed by atoms with E-state index in [0.717, 1.165) is 38.5 Å². The molecule has 0 aromatic rings. The minimum absolute atomic E-state index is 0.597. The molecule has 0 saturated carbocycles. The molecule has 0 aliphatic rings. The number of carboxylic acid groups (broad SMARTS) is 1. The van der Waals surface area contributed by atoms with Crippen LogP contribution in [0.1, 0.15) is 162 Å². The van der Waals surface area contributed by atoms with Crippen molar-refractivity contribution in [2.45, 2.75) is 168 Å².